The number of carboxylic acid groups (broad SMARTS) is 1. The molecule has 0 aliphatic heterocycles. The minimum atomic E-state index is -1.23. The summed E-state index contributed by atoms with van der Waals surface area (Å²) in [5.41, 5.74) is 1.43. The van der Waals surface area contributed by atoms with Gasteiger partial charge in [0, 0.05) is 6.42 Å². The van der Waals surface area contributed by atoms with E-state index in [1.807, 2.05) is 6.92 Å². The zero-order valence-corrected chi connectivity index (χ0v) is 10.3. The molecule has 0 aromatic heterocycles. The number of hydrogen-bond donors (Lipinski definition) is 2. The summed E-state index contributed by atoms with van der Waals surface area (Å²) >= 11 is 0. The van der Waals surface area contributed by atoms with E-state index in [2.05, 4.69) is 13.8 Å². The van der Waals surface area contributed by atoms with E-state index in [1.165, 1.54) is 12.5 Å². The van der Waals surface area contributed by atoms with E-state index in [0.717, 1.165) is 6.42 Å². The normalized spacial score (nSPS) is 20.3. The zero-order valence-electron chi connectivity index (χ0n) is 10.3. The summed E-state index contributed by atoms with van der Waals surface area (Å²) in [5, 5.41) is 15.8. The quantitative estimate of drug-likeness (QED) is 0.717. The van der Waals surface area contributed by atoms with Gasteiger partial charge >= 0.3 is 5.97 Å². The van der Waals surface area contributed by atoms with E-state index >= 15 is 0 Å². The zero-order chi connectivity index (χ0) is 12.9. The van der Waals surface area contributed by atoms with Gasteiger partial charge in [0.1, 0.15) is 6.10 Å². The first-order valence-corrected chi connectivity index (χ1v) is 5.25. The summed E-state index contributed by atoms with van der Waals surface area (Å²) in [6.45, 7) is 7.50. The summed E-state index contributed by atoms with van der Waals surface area (Å²) in [6.07, 6.45) is 2.32. The molecule has 1 aliphatic rings. The number of allylic oxidation sites excluding steroid dienone is 2. The van der Waals surface area contributed by atoms with Crippen LogP contribution in [0.15, 0.2) is 11.6 Å². The molecule has 0 bridgehead atoms. The fourth-order valence-electron chi connectivity index (χ4n) is 1.67. The Morgan fingerprint density at radius 3 is 2.12 bits per heavy atom. The van der Waals surface area contributed by atoms with Crippen LogP contribution >= 0.6 is 0 Å². The first-order valence-electron chi connectivity index (χ1n) is 5.25. The van der Waals surface area contributed by atoms with Gasteiger partial charge < -0.3 is 10.2 Å². The largest absolute Gasteiger partial charge is 0.479 e. The van der Waals surface area contributed by atoms with Crippen molar-refractivity contribution in [2.75, 3.05) is 0 Å². The van der Waals surface area contributed by atoms with Crippen LogP contribution in [0.4, 0.5) is 0 Å². The van der Waals surface area contributed by atoms with Gasteiger partial charge in [-0.3, -0.25) is 4.79 Å². The lowest BCUT2D eigenvalue weighted by Gasteiger charge is -2.27. The molecule has 1 aliphatic carbocycles. The van der Waals surface area contributed by atoms with Gasteiger partial charge in [0.05, 0.1) is 0 Å². The second-order valence-electron chi connectivity index (χ2n) is 4.99. The molecule has 1 atom stereocenters. The number of ketones is 1. The maximum atomic E-state index is 11.0. The third-order valence-corrected chi connectivity index (χ3v) is 2.17. The molecule has 4 nitrogen and oxygen atoms in total. The second-order valence-corrected chi connectivity index (χ2v) is 4.99. The summed E-state index contributed by atoms with van der Waals surface area (Å²) in [7, 11) is 0. The van der Waals surface area contributed by atoms with E-state index in [4.69, 9.17) is 10.2 Å². The highest BCUT2D eigenvalue weighted by Gasteiger charge is 2.25. The molecule has 4 heteroatoms. The van der Waals surface area contributed by atoms with Crippen molar-refractivity contribution in [3.63, 3.8) is 0 Å². The molecule has 1 rings (SSSR count). The molecule has 0 aromatic carbocycles. The van der Waals surface area contributed by atoms with Crippen molar-refractivity contribution in [2.24, 2.45) is 5.41 Å². The van der Waals surface area contributed by atoms with E-state index in [0.29, 0.717) is 6.42 Å². The van der Waals surface area contributed by atoms with Crippen LogP contribution in [0.1, 0.15) is 40.5 Å². The Hall–Kier alpha value is -1.16. The summed E-state index contributed by atoms with van der Waals surface area (Å²) in [5.74, 6) is -0.899. The Morgan fingerprint density at radius 1 is 1.44 bits per heavy atom. The highest BCUT2D eigenvalue weighted by molar-refractivity contribution is 5.91. The van der Waals surface area contributed by atoms with Crippen molar-refractivity contribution >= 4 is 11.8 Å². The number of aliphatic hydroxyl groups excluding tert-OH is 1. The van der Waals surface area contributed by atoms with Gasteiger partial charge in [0.15, 0.2) is 5.78 Å². The molecule has 0 spiro atoms. The van der Waals surface area contributed by atoms with Crippen LogP contribution in [0.5, 0.6) is 0 Å². The first kappa shape index (κ1) is 14.8. The average molecular weight is 228 g/mol. The Balaban J connectivity index is 0.000000325. The molecule has 1 unspecified atom stereocenters. The van der Waals surface area contributed by atoms with E-state index < -0.39 is 12.1 Å². The molecular weight excluding hydrogens is 208 g/mol. The van der Waals surface area contributed by atoms with Crippen LogP contribution < -0.4 is 0 Å². The van der Waals surface area contributed by atoms with E-state index in [9.17, 15) is 9.59 Å². The highest BCUT2D eigenvalue weighted by atomic mass is 16.4. The molecule has 92 valence electrons. The van der Waals surface area contributed by atoms with Gasteiger partial charge in [-0.1, -0.05) is 19.4 Å². The van der Waals surface area contributed by atoms with Crippen LogP contribution in [0.3, 0.4) is 0 Å². The summed E-state index contributed by atoms with van der Waals surface area (Å²) in [4.78, 5) is 20.5. The lowest BCUT2D eigenvalue weighted by atomic mass is 9.77. The van der Waals surface area contributed by atoms with E-state index in [-0.39, 0.29) is 11.2 Å². The third-order valence-electron chi connectivity index (χ3n) is 2.17. The molecule has 0 saturated heterocycles. The Morgan fingerprint density at radius 2 is 1.88 bits per heavy atom. The van der Waals surface area contributed by atoms with Crippen molar-refractivity contribution in [3.8, 4) is 0 Å². The molecule has 16 heavy (non-hydrogen) atoms. The SMILES string of the molecule is CC(O)C(=O)O.CC1=CC(=O)CC(C)(C)C1. The van der Waals surface area contributed by atoms with Gasteiger partial charge in [0.25, 0.3) is 0 Å². The molecule has 0 heterocycles. The second kappa shape index (κ2) is 5.80. The number of aliphatic carboxylic acids is 1. The monoisotopic (exact) mass is 228 g/mol. The van der Waals surface area contributed by atoms with Crippen LogP contribution in [-0.2, 0) is 9.59 Å². The van der Waals surface area contributed by atoms with Gasteiger partial charge in [-0.15, -0.1) is 0 Å². The van der Waals surface area contributed by atoms with Gasteiger partial charge in [0.2, 0.25) is 0 Å². The van der Waals surface area contributed by atoms with Crippen molar-refractivity contribution in [3.05, 3.63) is 11.6 Å². The number of carbonyl (C=O) groups excluding carboxylic acids is 1. The smallest absolute Gasteiger partial charge is 0.332 e. The standard InChI is InChI=1S/C9H14O.C3H6O3/c1-7-4-8(10)6-9(2,3)5-7;1-2(4)3(5)6/h4H,5-6H2,1-3H3;2,4H,1H3,(H,5,6). The molecule has 0 radical (unpaired) electrons. The highest BCUT2D eigenvalue weighted by Crippen LogP contribution is 2.32. The molecule has 0 aromatic rings. The maximum Gasteiger partial charge on any atom is 0.332 e. The van der Waals surface area contributed by atoms with Gasteiger partial charge in [-0.05, 0) is 31.8 Å². The van der Waals surface area contributed by atoms with Gasteiger partial charge in [-0.2, -0.15) is 0 Å². The number of carbonyl (C=O) groups is 2. The lowest BCUT2D eigenvalue weighted by Crippen LogP contribution is -2.20. The number of aliphatic hydroxyl groups is 1. The van der Waals surface area contributed by atoms with Crippen LogP contribution in [0.2, 0.25) is 0 Å². The number of carboxylic acids is 1. The van der Waals surface area contributed by atoms with Crippen molar-refractivity contribution in [1.82, 2.24) is 0 Å². The van der Waals surface area contributed by atoms with Crippen LogP contribution in [-0.4, -0.2) is 28.1 Å². The van der Waals surface area contributed by atoms with Gasteiger partial charge in [-0.25, -0.2) is 4.79 Å². The molecular formula is C12H20O4. The van der Waals surface area contributed by atoms with Crippen molar-refractivity contribution in [2.45, 2.75) is 46.6 Å². The fourth-order valence-corrected chi connectivity index (χ4v) is 1.67. The van der Waals surface area contributed by atoms with Crippen LogP contribution in [0.25, 0.3) is 0 Å². The predicted molar refractivity (Wildman–Crippen MR) is 61.1 cm³/mol. The fraction of sp³-hybridized carbons (Fsp3) is 0.667. The van der Waals surface area contributed by atoms with Crippen molar-refractivity contribution in [1.29, 1.82) is 0 Å². The van der Waals surface area contributed by atoms with E-state index in [1.54, 1.807) is 6.08 Å². The Bertz CT molecular complexity index is 300. The molecule has 0 fully saturated rings. The Labute approximate surface area is 96.0 Å². The Kier molecular flexibility index (Phi) is 5.38. The predicted octanol–water partition coefficient (Wildman–Crippen LogP) is 1.77. The lowest BCUT2D eigenvalue weighted by molar-refractivity contribution is -0.145. The topological polar surface area (TPSA) is 74.6 Å². The molecule has 0 saturated carbocycles. The van der Waals surface area contributed by atoms with Crippen LogP contribution in [0, 0.1) is 5.41 Å². The summed E-state index contributed by atoms with van der Waals surface area (Å²) < 4.78 is 0. The number of rotatable bonds is 1. The average Bonchev–Trinajstić information content (AvgIpc) is 1.99. The molecule has 0 amide bonds. The third kappa shape index (κ3) is 6.35. The molecule has 2 N–H and O–H groups in total. The minimum Gasteiger partial charge on any atom is -0.479 e. The maximum absolute atomic E-state index is 11.0. The van der Waals surface area contributed by atoms with Crippen molar-refractivity contribution < 1.29 is 19.8 Å². The number of hydrogen-bond acceptors (Lipinski definition) is 3. The summed E-state index contributed by atoms with van der Waals surface area (Å²) in [6, 6.07) is 0. The minimum absolute atomic E-state index is 0.204. The first-order chi connectivity index (χ1) is 7.14.